The van der Waals surface area contributed by atoms with E-state index >= 15 is 0 Å². The number of nitrogens with zero attached hydrogens (tertiary/aromatic N) is 5. The quantitative estimate of drug-likeness (QED) is 0.726. The van der Waals surface area contributed by atoms with E-state index in [0.29, 0.717) is 10.8 Å². The highest BCUT2D eigenvalue weighted by Gasteiger charge is 2.28. The van der Waals surface area contributed by atoms with Crippen molar-refractivity contribution in [1.82, 2.24) is 24.7 Å². The summed E-state index contributed by atoms with van der Waals surface area (Å²) in [4.78, 5) is 15.3. The molecule has 0 aliphatic carbocycles. The Labute approximate surface area is 137 Å². The second kappa shape index (κ2) is 5.73. The van der Waals surface area contributed by atoms with Gasteiger partial charge in [-0.2, -0.15) is 9.61 Å². The molecule has 1 aliphatic heterocycles. The smallest absolute Gasteiger partial charge is 0.293 e. The molecule has 118 valence electrons. The van der Waals surface area contributed by atoms with E-state index in [1.54, 1.807) is 4.52 Å². The third-order valence-electron chi connectivity index (χ3n) is 4.27. The molecule has 1 aliphatic rings. The molecule has 1 amide bonds. The van der Waals surface area contributed by atoms with E-state index in [-0.39, 0.29) is 11.9 Å². The van der Waals surface area contributed by atoms with Gasteiger partial charge in [0.1, 0.15) is 5.01 Å². The number of fused-ring (bicyclic) bond motifs is 1. The minimum absolute atomic E-state index is 0.0744. The molecule has 0 bridgehead atoms. The van der Waals surface area contributed by atoms with Crippen molar-refractivity contribution in [3.8, 4) is 10.6 Å². The molecule has 0 unspecified atom stereocenters. The van der Waals surface area contributed by atoms with Gasteiger partial charge in [0, 0.05) is 18.2 Å². The van der Waals surface area contributed by atoms with Crippen molar-refractivity contribution in [2.24, 2.45) is 0 Å². The van der Waals surface area contributed by atoms with Crippen LogP contribution >= 0.6 is 11.3 Å². The summed E-state index contributed by atoms with van der Waals surface area (Å²) in [6, 6.07) is 10.2. The highest BCUT2D eigenvalue weighted by molar-refractivity contribution is 7.19. The van der Waals surface area contributed by atoms with Crippen molar-refractivity contribution in [2.45, 2.75) is 32.2 Å². The van der Waals surface area contributed by atoms with Crippen LogP contribution in [0.3, 0.4) is 0 Å². The van der Waals surface area contributed by atoms with Gasteiger partial charge < -0.3 is 4.90 Å². The van der Waals surface area contributed by atoms with Crippen molar-refractivity contribution < 1.29 is 4.79 Å². The van der Waals surface area contributed by atoms with Gasteiger partial charge in [-0.3, -0.25) is 4.79 Å². The fraction of sp³-hybridized carbons (Fsp3) is 0.375. The first-order valence-electron chi connectivity index (χ1n) is 7.82. The summed E-state index contributed by atoms with van der Waals surface area (Å²) in [5.41, 5.74) is 1.02. The van der Waals surface area contributed by atoms with Gasteiger partial charge in [-0.05, 0) is 26.2 Å². The Morgan fingerprint density at radius 2 is 2.04 bits per heavy atom. The number of carbonyl (C=O) groups excluding carboxylic acids is 1. The third-order valence-corrected chi connectivity index (χ3v) is 5.21. The SMILES string of the molecule is C[C@@H]1CCCCN1C(=O)c1nnc2sc(-c3ccccc3)nn12. The summed E-state index contributed by atoms with van der Waals surface area (Å²) in [7, 11) is 0. The molecule has 0 radical (unpaired) electrons. The summed E-state index contributed by atoms with van der Waals surface area (Å²) in [6.07, 6.45) is 3.26. The van der Waals surface area contributed by atoms with Crippen LogP contribution in [0.15, 0.2) is 30.3 Å². The molecule has 1 saturated heterocycles. The second-order valence-corrected chi connectivity index (χ2v) is 6.79. The van der Waals surface area contributed by atoms with Crippen LogP contribution in [0.25, 0.3) is 15.5 Å². The lowest BCUT2D eigenvalue weighted by atomic mass is 10.0. The summed E-state index contributed by atoms with van der Waals surface area (Å²) in [6.45, 7) is 2.87. The van der Waals surface area contributed by atoms with Gasteiger partial charge in [0.2, 0.25) is 10.8 Å². The predicted octanol–water partition coefficient (Wildman–Crippen LogP) is 2.87. The maximum atomic E-state index is 12.8. The Morgan fingerprint density at radius 1 is 1.22 bits per heavy atom. The van der Waals surface area contributed by atoms with Crippen LogP contribution in [-0.4, -0.2) is 43.2 Å². The first kappa shape index (κ1) is 14.3. The average molecular weight is 327 g/mol. The number of likely N-dealkylation sites (tertiary alicyclic amines) is 1. The zero-order valence-electron chi connectivity index (χ0n) is 12.8. The monoisotopic (exact) mass is 327 g/mol. The summed E-state index contributed by atoms with van der Waals surface area (Å²) in [5, 5.41) is 13.6. The van der Waals surface area contributed by atoms with E-state index in [9.17, 15) is 4.79 Å². The predicted molar refractivity (Wildman–Crippen MR) is 88.4 cm³/mol. The molecule has 0 N–H and O–H groups in total. The highest BCUT2D eigenvalue weighted by atomic mass is 32.1. The molecule has 1 atom stereocenters. The number of piperidine rings is 1. The molecular formula is C16H17N5OS. The zero-order chi connectivity index (χ0) is 15.8. The standard InChI is InChI=1S/C16H17N5OS/c1-11-7-5-6-10-20(11)15(22)13-17-18-16-21(13)19-14(23-16)12-8-3-2-4-9-12/h2-4,8-9,11H,5-7,10H2,1H3/t11-/m1/s1. The first-order valence-corrected chi connectivity index (χ1v) is 8.64. The number of aromatic nitrogens is 4. The molecule has 0 spiro atoms. The molecule has 6 nitrogen and oxygen atoms in total. The summed E-state index contributed by atoms with van der Waals surface area (Å²) < 4.78 is 1.58. The van der Waals surface area contributed by atoms with Crippen molar-refractivity contribution in [3.63, 3.8) is 0 Å². The first-order chi connectivity index (χ1) is 11.2. The van der Waals surface area contributed by atoms with Gasteiger partial charge in [-0.15, -0.1) is 10.2 Å². The molecule has 2 aromatic heterocycles. The molecule has 1 fully saturated rings. The van der Waals surface area contributed by atoms with Crippen LogP contribution < -0.4 is 0 Å². The Bertz CT molecular complexity index is 841. The Balaban J connectivity index is 1.71. The summed E-state index contributed by atoms with van der Waals surface area (Å²) in [5.74, 6) is 0.238. The highest BCUT2D eigenvalue weighted by Crippen LogP contribution is 2.26. The van der Waals surface area contributed by atoms with Gasteiger partial charge in [-0.1, -0.05) is 41.7 Å². The molecule has 0 saturated carbocycles. The van der Waals surface area contributed by atoms with Gasteiger partial charge in [0.15, 0.2) is 0 Å². The van der Waals surface area contributed by atoms with Gasteiger partial charge in [-0.25, -0.2) is 0 Å². The number of amides is 1. The molecule has 23 heavy (non-hydrogen) atoms. The van der Waals surface area contributed by atoms with Gasteiger partial charge in [0.05, 0.1) is 0 Å². The summed E-state index contributed by atoms with van der Waals surface area (Å²) >= 11 is 1.44. The molecule has 7 heteroatoms. The molecule has 3 heterocycles. The lowest BCUT2D eigenvalue weighted by Crippen LogP contribution is -2.42. The Morgan fingerprint density at radius 3 is 2.83 bits per heavy atom. The van der Waals surface area contributed by atoms with Crippen molar-refractivity contribution in [2.75, 3.05) is 6.54 Å². The largest absolute Gasteiger partial charge is 0.333 e. The minimum Gasteiger partial charge on any atom is -0.333 e. The molecule has 3 aromatic rings. The minimum atomic E-state index is -0.0744. The number of rotatable bonds is 2. The second-order valence-electron chi connectivity index (χ2n) is 5.83. The molecular weight excluding hydrogens is 310 g/mol. The topological polar surface area (TPSA) is 63.4 Å². The van der Waals surface area contributed by atoms with Crippen LogP contribution in [-0.2, 0) is 0 Å². The maximum absolute atomic E-state index is 12.8. The van der Waals surface area contributed by atoms with Gasteiger partial charge in [0.25, 0.3) is 5.91 Å². The van der Waals surface area contributed by atoms with E-state index < -0.39 is 0 Å². The Kier molecular flexibility index (Phi) is 3.57. The van der Waals surface area contributed by atoms with Crippen molar-refractivity contribution in [3.05, 3.63) is 36.2 Å². The van der Waals surface area contributed by atoms with E-state index in [2.05, 4.69) is 22.2 Å². The fourth-order valence-electron chi connectivity index (χ4n) is 2.98. The van der Waals surface area contributed by atoms with E-state index in [1.807, 2.05) is 35.2 Å². The molecule has 1 aromatic carbocycles. The van der Waals surface area contributed by atoms with Crippen molar-refractivity contribution in [1.29, 1.82) is 0 Å². The fourth-order valence-corrected chi connectivity index (χ4v) is 3.82. The van der Waals surface area contributed by atoms with Crippen LogP contribution in [0.1, 0.15) is 36.8 Å². The lowest BCUT2D eigenvalue weighted by molar-refractivity contribution is 0.0620. The number of hydrogen-bond acceptors (Lipinski definition) is 5. The number of carbonyl (C=O) groups is 1. The van der Waals surface area contributed by atoms with Gasteiger partial charge >= 0.3 is 0 Å². The lowest BCUT2D eigenvalue weighted by Gasteiger charge is -2.32. The Hall–Kier alpha value is -2.28. The van der Waals surface area contributed by atoms with Crippen LogP contribution in [0, 0.1) is 0 Å². The van der Waals surface area contributed by atoms with E-state index in [0.717, 1.165) is 30.0 Å². The van der Waals surface area contributed by atoms with Crippen molar-refractivity contribution >= 4 is 22.2 Å². The normalized spacial score (nSPS) is 18.5. The van der Waals surface area contributed by atoms with E-state index in [1.165, 1.54) is 17.8 Å². The molecule has 4 rings (SSSR count). The average Bonchev–Trinajstić information content (AvgIpc) is 3.16. The van der Waals surface area contributed by atoms with Crippen LogP contribution in [0.2, 0.25) is 0 Å². The van der Waals surface area contributed by atoms with Crippen LogP contribution in [0.5, 0.6) is 0 Å². The third kappa shape index (κ3) is 2.50. The zero-order valence-corrected chi connectivity index (χ0v) is 13.7. The number of benzene rings is 1. The maximum Gasteiger partial charge on any atom is 0.293 e. The van der Waals surface area contributed by atoms with Crippen LogP contribution in [0.4, 0.5) is 0 Å². The number of hydrogen-bond donors (Lipinski definition) is 0. The van der Waals surface area contributed by atoms with E-state index in [4.69, 9.17) is 0 Å².